The van der Waals surface area contributed by atoms with Crippen LogP contribution in [-0.2, 0) is 0 Å². The number of hydrogen-bond acceptors (Lipinski definition) is 5. The predicted molar refractivity (Wildman–Crippen MR) is 129 cm³/mol. The highest BCUT2D eigenvalue weighted by Crippen LogP contribution is 2.31. The number of rotatable bonds is 7. The van der Waals surface area contributed by atoms with E-state index in [1.165, 1.54) is 6.33 Å². The number of carbonyl (C=O) groups excluding carboxylic acids is 1. The third kappa shape index (κ3) is 4.94. The number of amides is 1. The zero-order chi connectivity index (χ0) is 25.1. The third-order valence-electron chi connectivity index (χ3n) is 6.17. The summed E-state index contributed by atoms with van der Waals surface area (Å²) in [4.78, 5) is 25.0. The second-order valence-corrected chi connectivity index (χ2v) is 8.37. The largest absolute Gasteiger partial charge is 0.370 e. The van der Waals surface area contributed by atoms with Gasteiger partial charge < -0.3 is 10.6 Å². The number of nitrogens with one attached hydrogen (secondary N) is 2. The molecule has 2 aromatic carbocycles. The van der Waals surface area contributed by atoms with Crippen molar-refractivity contribution in [1.29, 1.82) is 0 Å². The van der Waals surface area contributed by atoms with Crippen LogP contribution in [0.2, 0.25) is 0 Å². The second kappa shape index (κ2) is 10.1. The molecule has 0 saturated carbocycles. The number of nitrogens with zero attached hydrogens (tertiary/aromatic N) is 3. The maximum absolute atomic E-state index is 13.6. The van der Waals surface area contributed by atoms with E-state index in [-0.39, 0.29) is 29.0 Å². The van der Waals surface area contributed by atoms with Gasteiger partial charge in [0.2, 0.25) is 0 Å². The van der Waals surface area contributed by atoms with Gasteiger partial charge in [0.05, 0.1) is 16.8 Å². The van der Waals surface area contributed by atoms with Gasteiger partial charge in [0.1, 0.15) is 12.1 Å². The van der Waals surface area contributed by atoms with Crippen LogP contribution in [0.1, 0.15) is 35.7 Å². The highest BCUT2D eigenvalue weighted by molar-refractivity contribution is 6.06. The van der Waals surface area contributed by atoms with Crippen molar-refractivity contribution in [3.05, 3.63) is 83.6 Å². The predicted octanol–water partition coefficient (Wildman–Crippen LogP) is 5.32. The lowest BCUT2D eigenvalue weighted by molar-refractivity contribution is 0.0964. The second-order valence-electron chi connectivity index (χ2n) is 8.37. The molecule has 2 unspecified atom stereocenters. The SMILES string of the molecule is CNC(=O)c1ccnc2c(C(C)C(C)CNc3cc(-c4cc(F)c(F)c(F)c4)ncn3)cccc12. The molecule has 2 heterocycles. The number of para-hydroxylation sites is 1. The van der Waals surface area contributed by atoms with Gasteiger partial charge in [0, 0.05) is 36.8 Å². The average molecular weight is 480 g/mol. The van der Waals surface area contributed by atoms with Crippen molar-refractivity contribution >= 4 is 22.6 Å². The zero-order valence-electron chi connectivity index (χ0n) is 19.4. The first-order valence-electron chi connectivity index (χ1n) is 11.1. The molecule has 0 aliphatic rings. The number of aromatic nitrogens is 3. The topological polar surface area (TPSA) is 79.8 Å². The van der Waals surface area contributed by atoms with Crippen LogP contribution in [0, 0.1) is 23.4 Å². The van der Waals surface area contributed by atoms with Crippen LogP contribution in [0.15, 0.2) is 55.0 Å². The number of anilines is 1. The van der Waals surface area contributed by atoms with Gasteiger partial charge in [-0.1, -0.05) is 32.0 Å². The Labute approximate surface area is 200 Å². The van der Waals surface area contributed by atoms with Crippen LogP contribution < -0.4 is 10.6 Å². The van der Waals surface area contributed by atoms with E-state index in [1.54, 1.807) is 25.4 Å². The van der Waals surface area contributed by atoms with E-state index in [4.69, 9.17) is 0 Å². The van der Waals surface area contributed by atoms with Gasteiger partial charge in [-0.25, -0.2) is 23.1 Å². The molecule has 0 bridgehead atoms. The van der Waals surface area contributed by atoms with Crippen molar-refractivity contribution in [2.24, 2.45) is 5.92 Å². The highest BCUT2D eigenvalue weighted by atomic mass is 19.2. The summed E-state index contributed by atoms with van der Waals surface area (Å²) in [5, 5.41) is 6.68. The minimum atomic E-state index is -1.52. The average Bonchev–Trinajstić information content (AvgIpc) is 2.88. The fraction of sp³-hybridized carbons (Fsp3) is 0.231. The zero-order valence-corrected chi connectivity index (χ0v) is 19.4. The summed E-state index contributed by atoms with van der Waals surface area (Å²) in [6.07, 6.45) is 2.91. The molecule has 1 amide bonds. The van der Waals surface area contributed by atoms with Gasteiger partial charge in [-0.3, -0.25) is 9.78 Å². The summed E-state index contributed by atoms with van der Waals surface area (Å²) in [6.45, 7) is 4.70. The molecule has 180 valence electrons. The summed E-state index contributed by atoms with van der Waals surface area (Å²) in [5.74, 6) is -3.56. The fourth-order valence-corrected chi connectivity index (χ4v) is 3.96. The molecule has 0 spiro atoms. The maximum atomic E-state index is 13.6. The quantitative estimate of drug-likeness (QED) is 0.351. The number of pyridine rings is 1. The summed E-state index contributed by atoms with van der Waals surface area (Å²) in [5.41, 5.74) is 2.74. The third-order valence-corrected chi connectivity index (χ3v) is 6.17. The molecule has 4 aromatic rings. The molecular weight excluding hydrogens is 455 g/mol. The van der Waals surface area contributed by atoms with E-state index in [9.17, 15) is 18.0 Å². The Hall–Kier alpha value is -4.01. The molecule has 0 fully saturated rings. The summed E-state index contributed by atoms with van der Waals surface area (Å²) >= 11 is 0. The normalized spacial score (nSPS) is 12.9. The maximum Gasteiger partial charge on any atom is 0.251 e. The molecule has 0 aliphatic heterocycles. The van der Waals surface area contributed by atoms with Crippen LogP contribution in [0.5, 0.6) is 0 Å². The molecule has 0 radical (unpaired) electrons. The van der Waals surface area contributed by atoms with Crippen LogP contribution in [-0.4, -0.2) is 34.5 Å². The number of carbonyl (C=O) groups is 1. The van der Waals surface area contributed by atoms with Crippen LogP contribution in [0.3, 0.4) is 0 Å². The van der Waals surface area contributed by atoms with E-state index >= 15 is 0 Å². The Kier molecular flexibility index (Phi) is 6.95. The van der Waals surface area contributed by atoms with Crippen molar-refractivity contribution in [1.82, 2.24) is 20.3 Å². The van der Waals surface area contributed by atoms with Gasteiger partial charge in [-0.2, -0.15) is 0 Å². The monoisotopic (exact) mass is 479 g/mol. The summed E-state index contributed by atoms with van der Waals surface area (Å²) in [7, 11) is 1.59. The molecular formula is C26H24F3N5O. The number of hydrogen-bond donors (Lipinski definition) is 2. The fourth-order valence-electron chi connectivity index (χ4n) is 3.96. The molecule has 9 heteroatoms. The van der Waals surface area contributed by atoms with E-state index in [2.05, 4.69) is 39.4 Å². The molecule has 6 nitrogen and oxygen atoms in total. The standard InChI is InChI=1S/C26H24F3N5O/c1-14(15(2)17-5-4-6-18-19(26(35)30-3)7-8-31-25(17)18)12-32-23-11-22(33-13-34-23)16-9-20(27)24(29)21(28)10-16/h4-11,13-15H,12H2,1-3H3,(H,30,35)(H,32,33,34). The van der Waals surface area contributed by atoms with Crippen molar-refractivity contribution in [3.63, 3.8) is 0 Å². The van der Waals surface area contributed by atoms with Crippen molar-refractivity contribution in [3.8, 4) is 11.3 Å². The Bertz CT molecular complexity index is 1370. The lowest BCUT2D eigenvalue weighted by Gasteiger charge is -2.22. The molecule has 2 atom stereocenters. The Morgan fingerprint density at radius 3 is 2.46 bits per heavy atom. The Morgan fingerprint density at radius 2 is 1.74 bits per heavy atom. The van der Waals surface area contributed by atoms with Crippen LogP contribution in [0.4, 0.5) is 19.0 Å². The van der Waals surface area contributed by atoms with E-state index in [0.717, 1.165) is 28.6 Å². The summed E-state index contributed by atoms with van der Waals surface area (Å²) < 4.78 is 40.5. The van der Waals surface area contributed by atoms with Crippen LogP contribution in [0.25, 0.3) is 22.2 Å². The number of benzene rings is 2. The van der Waals surface area contributed by atoms with Crippen molar-refractivity contribution in [2.75, 3.05) is 18.9 Å². The first-order chi connectivity index (χ1) is 16.8. The minimum Gasteiger partial charge on any atom is -0.370 e. The van der Waals surface area contributed by atoms with Gasteiger partial charge in [-0.15, -0.1) is 0 Å². The lowest BCUT2D eigenvalue weighted by Crippen LogP contribution is -2.19. The van der Waals surface area contributed by atoms with Gasteiger partial charge in [0.15, 0.2) is 17.5 Å². The highest BCUT2D eigenvalue weighted by Gasteiger charge is 2.20. The Morgan fingerprint density at radius 1 is 1.00 bits per heavy atom. The van der Waals surface area contributed by atoms with Crippen LogP contribution >= 0.6 is 0 Å². The first-order valence-corrected chi connectivity index (χ1v) is 11.1. The minimum absolute atomic E-state index is 0.0836. The molecule has 0 aliphatic carbocycles. The molecule has 2 aromatic heterocycles. The van der Waals surface area contributed by atoms with E-state index in [1.807, 2.05) is 18.2 Å². The molecule has 0 saturated heterocycles. The smallest absolute Gasteiger partial charge is 0.251 e. The molecule has 4 rings (SSSR count). The summed E-state index contributed by atoms with van der Waals surface area (Å²) in [6, 6.07) is 10.9. The van der Waals surface area contributed by atoms with Crippen molar-refractivity contribution in [2.45, 2.75) is 19.8 Å². The van der Waals surface area contributed by atoms with E-state index in [0.29, 0.717) is 17.9 Å². The molecule has 35 heavy (non-hydrogen) atoms. The van der Waals surface area contributed by atoms with Crippen molar-refractivity contribution < 1.29 is 18.0 Å². The first kappa shape index (κ1) is 24.1. The van der Waals surface area contributed by atoms with Gasteiger partial charge in [-0.05, 0) is 35.6 Å². The van der Waals surface area contributed by atoms with Gasteiger partial charge in [0.25, 0.3) is 5.91 Å². The molecule has 2 N–H and O–H groups in total. The lowest BCUT2D eigenvalue weighted by atomic mass is 9.87. The van der Waals surface area contributed by atoms with E-state index < -0.39 is 17.5 Å². The number of halogens is 3. The Balaban J connectivity index is 1.53. The van der Waals surface area contributed by atoms with Gasteiger partial charge >= 0.3 is 0 Å². The number of fused-ring (bicyclic) bond motifs is 1.